The number of hydrogen-bond donors (Lipinski definition) is 6. The van der Waals surface area contributed by atoms with Crippen LogP contribution in [0.3, 0.4) is 0 Å². The van der Waals surface area contributed by atoms with E-state index in [0.29, 0.717) is 25.0 Å². The zero-order valence-corrected chi connectivity index (χ0v) is 25.6. The molecule has 0 aromatic rings. The standard InChI is InChI=1S/2C13H28O2.2CH2O3/c2*1-10(2)6-11(3)7-12(4)8-13(5)9-15-14;2*2-1(3)4/h2*10-14H,6-9H2,1-5H3;2*(H2,2,3,4). The van der Waals surface area contributed by atoms with E-state index >= 15 is 0 Å². The summed E-state index contributed by atoms with van der Waals surface area (Å²) in [6.07, 6.45) is 3.82. The molecular weight excluding hydrogens is 496 g/mol. The van der Waals surface area contributed by atoms with Crippen LogP contribution in [0.15, 0.2) is 0 Å². The van der Waals surface area contributed by atoms with E-state index in [1.54, 1.807) is 0 Å². The minimum absolute atomic E-state index is 0.455. The lowest BCUT2D eigenvalue weighted by atomic mass is 9.86. The predicted molar refractivity (Wildman–Crippen MR) is 151 cm³/mol. The van der Waals surface area contributed by atoms with Crippen molar-refractivity contribution < 1.29 is 50.3 Å². The lowest BCUT2D eigenvalue weighted by molar-refractivity contribution is -0.250. The SMILES string of the molecule is CC(C)CC(C)CC(C)CC(C)COO.CC(C)CC(C)CC(C)CC(C)COO.O=C(O)O.O=C(O)O. The fourth-order valence-corrected chi connectivity index (χ4v) is 5.13. The Labute approximate surface area is 231 Å². The van der Waals surface area contributed by atoms with Crippen molar-refractivity contribution in [2.24, 2.45) is 47.3 Å². The van der Waals surface area contributed by atoms with E-state index in [1.165, 1.54) is 25.7 Å². The monoisotopic (exact) mass is 556 g/mol. The molecule has 0 radical (unpaired) electrons. The zero-order valence-electron chi connectivity index (χ0n) is 25.6. The van der Waals surface area contributed by atoms with Crippen molar-refractivity contribution in [3.05, 3.63) is 0 Å². The summed E-state index contributed by atoms with van der Waals surface area (Å²) in [7, 11) is 0. The Morgan fingerprint density at radius 2 is 0.632 bits per heavy atom. The average Bonchev–Trinajstić information content (AvgIpc) is 2.65. The molecule has 0 amide bonds. The second-order valence-corrected chi connectivity index (χ2v) is 12.0. The molecule has 6 unspecified atom stereocenters. The van der Waals surface area contributed by atoms with Gasteiger partial charge in [0.1, 0.15) is 0 Å². The molecule has 0 saturated carbocycles. The summed E-state index contributed by atoms with van der Waals surface area (Å²) in [5.41, 5.74) is 0. The molecule has 0 aromatic carbocycles. The Morgan fingerprint density at radius 3 is 0.816 bits per heavy atom. The molecule has 6 N–H and O–H groups in total. The van der Waals surface area contributed by atoms with Gasteiger partial charge < -0.3 is 20.4 Å². The quantitative estimate of drug-likeness (QED) is 0.0795. The van der Waals surface area contributed by atoms with Crippen LogP contribution < -0.4 is 0 Å². The molecule has 0 heterocycles. The Morgan fingerprint density at radius 1 is 0.447 bits per heavy atom. The third kappa shape index (κ3) is 47.6. The van der Waals surface area contributed by atoms with Gasteiger partial charge in [-0.25, -0.2) is 19.4 Å². The van der Waals surface area contributed by atoms with Crippen LogP contribution in [0.2, 0.25) is 0 Å². The summed E-state index contributed by atoms with van der Waals surface area (Å²) < 4.78 is 0. The fourth-order valence-electron chi connectivity index (χ4n) is 5.13. The largest absolute Gasteiger partial charge is 0.503 e. The van der Waals surface area contributed by atoms with Crippen LogP contribution in [0.5, 0.6) is 0 Å². The first-order chi connectivity index (χ1) is 17.4. The van der Waals surface area contributed by atoms with Gasteiger partial charge in [0.15, 0.2) is 0 Å². The molecule has 10 nitrogen and oxygen atoms in total. The van der Waals surface area contributed by atoms with Crippen molar-refractivity contribution >= 4 is 12.3 Å². The van der Waals surface area contributed by atoms with Crippen molar-refractivity contribution in [2.45, 2.75) is 108 Å². The molecule has 6 atom stereocenters. The van der Waals surface area contributed by atoms with Gasteiger partial charge in [-0.05, 0) is 85.9 Å². The van der Waals surface area contributed by atoms with Gasteiger partial charge in [0, 0.05) is 0 Å². The van der Waals surface area contributed by atoms with Crippen molar-refractivity contribution in [3.8, 4) is 0 Å². The van der Waals surface area contributed by atoms with Crippen LogP contribution in [0.25, 0.3) is 0 Å². The molecule has 0 aliphatic rings. The number of hydrogen-bond acceptors (Lipinski definition) is 6. The highest BCUT2D eigenvalue weighted by Gasteiger charge is 2.14. The maximum Gasteiger partial charge on any atom is 0.503 e. The Hall–Kier alpha value is -1.62. The van der Waals surface area contributed by atoms with Crippen LogP contribution in [0.4, 0.5) is 9.59 Å². The first-order valence-corrected chi connectivity index (χ1v) is 13.7. The van der Waals surface area contributed by atoms with Crippen LogP contribution in [0, 0.1) is 47.3 Å². The summed E-state index contributed by atoms with van der Waals surface area (Å²) in [5.74, 6) is 5.57. The third-order valence-electron chi connectivity index (χ3n) is 5.68. The average molecular weight is 557 g/mol. The summed E-state index contributed by atoms with van der Waals surface area (Å²) in [5, 5.41) is 44.6. The predicted octanol–water partition coefficient (Wildman–Crippen LogP) is 8.87. The van der Waals surface area contributed by atoms with Crippen molar-refractivity contribution in [2.75, 3.05) is 13.2 Å². The second-order valence-electron chi connectivity index (χ2n) is 12.0. The highest BCUT2D eigenvalue weighted by Crippen LogP contribution is 2.25. The lowest BCUT2D eigenvalue weighted by Crippen LogP contribution is -2.12. The van der Waals surface area contributed by atoms with Crippen molar-refractivity contribution in [1.29, 1.82) is 0 Å². The summed E-state index contributed by atoms with van der Waals surface area (Å²) in [6.45, 7) is 23.6. The molecule has 0 aliphatic heterocycles. The van der Waals surface area contributed by atoms with Crippen molar-refractivity contribution in [1.82, 2.24) is 0 Å². The number of rotatable bonds is 16. The first kappa shape index (κ1) is 43.4. The molecule has 10 heteroatoms. The van der Waals surface area contributed by atoms with Crippen LogP contribution in [-0.4, -0.2) is 56.5 Å². The molecule has 0 aliphatic carbocycles. The van der Waals surface area contributed by atoms with Gasteiger partial charge in [-0.15, -0.1) is 0 Å². The van der Waals surface area contributed by atoms with E-state index in [2.05, 4.69) is 79.0 Å². The van der Waals surface area contributed by atoms with E-state index in [-0.39, 0.29) is 0 Å². The summed E-state index contributed by atoms with van der Waals surface area (Å²) in [6, 6.07) is 0. The van der Waals surface area contributed by atoms with E-state index in [4.69, 9.17) is 40.5 Å². The van der Waals surface area contributed by atoms with Gasteiger partial charge in [-0.1, -0.05) is 69.2 Å². The molecule has 38 heavy (non-hydrogen) atoms. The van der Waals surface area contributed by atoms with Crippen LogP contribution in [-0.2, 0) is 9.78 Å². The van der Waals surface area contributed by atoms with E-state index < -0.39 is 12.3 Å². The van der Waals surface area contributed by atoms with Gasteiger partial charge in [-0.3, -0.25) is 10.5 Å². The Bertz CT molecular complexity index is 474. The van der Waals surface area contributed by atoms with E-state index in [1.807, 2.05) is 0 Å². The van der Waals surface area contributed by atoms with Crippen molar-refractivity contribution in [3.63, 3.8) is 0 Å². The molecule has 0 fully saturated rings. The normalized spacial score (nSPS) is 15.3. The maximum atomic E-state index is 8.56. The first-order valence-electron chi connectivity index (χ1n) is 13.7. The van der Waals surface area contributed by atoms with Gasteiger partial charge in [-0.2, -0.15) is 0 Å². The third-order valence-corrected chi connectivity index (χ3v) is 5.68. The lowest BCUT2D eigenvalue weighted by Gasteiger charge is -2.21. The topological polar surface area (TPSA) is 174 Å². The van der Waals surface area contributed by atoms with E-state index in [0.717, 1.165) is 48.3 Å². The maximum absolute atomic E-state index is 8.56. The smallest absolute Gasteiger partial charge is 0.450 e. The van der Waals surface area contributed by atoms with Crippen LogP contribution >= 0.6 is 0 Å². The highest BCUT2D eigenvalue weighted by atomic mass is 17.1. The molecule has 0 bridgehead atoms. The number of carbonyl (C=O) groups is 2. The second kappa shape index (κ2) is 28.4. The van der Waals surface area contributed by atoms with Crippen LogP contribution in [0.1, 0.15) is 108 Å². The zero-order chi connectivity index (χ0) is 30.8. The minimum atomic E-state index is -1.83. The molecule has 0 rings (SSSR count). The molecule has 0 aromatic heterocycles. The molecule has 0 saturated heterocycles. The number of carboxylic acid groups (broad SMARTS) is 4. The molecular formula is C28H60O10. The Balaban J connectivity index is -0.000000237. The summed E-state index contributed by atoms with van der Waals surface area (Å²) in [4.78, 5) is 25.5. The fraction of sp³-hybridized carbons (Fsp3) is 0.929. The molecule has 0 spiro atoms. The van der Waals surface area contributed by atoms with Gasteiger partial charge in [0.05, 0.1) is 13.2 Å². The van der Waals surface area contributed by atoms with E-state index in [9.17, 15) is 0 Å². The van der Waals surface area contributed by atoms with Gasteiger partial charge in [0.2, 0.25) is 0 Å². The highest BCUT2D eigenvalue weighted by molar-refractivity contribution is 5.53. The minimum Gasteiger partial charge on any atom is -0.450 e. The summed E-state index contributed by atoms with van der Waals surface area (Å²) >= 11 is 0. The molecule has 232 valence electrons. The van der Waals surface area contributed by atoms with Gasteiger partial charge >= 0.3 is 12.3 Å². The van der Waals surface area contributed by atoms with Gasteiger partial charge in [0.25, 0.3) is 0 Å². The Kier molecular flexibility index (Phi) is 32.4.